The third-order valence-corrected chi connectivity index (χ3v) is 22.9. The van der Waals surface area contributed by atoms with Crippen LogP contribution in [-0.4, -0.2) is 199 Å². The molecule has 12 N–H and O–H groups in total. The summed E-state index contributed by atoms with van der Waals surface area (Å²) in [5.41, 5.74) is 2.17. The predicted octanol–water partition coefficient (Wildman–Crippen LogP) is -0.753. The van der Waals surface area contributed by atoms with Crippen LogP contribution in [0.15, 0.2) is 0 Å². The van der Waals surface area contributed by atoms with E-state index >= 15 is 0 Å². The zero-order valence-electron chi connectivity index (χ0n) is 40.8. The minimum atomic E-state index is -5.51. The number of amides is 6. The van der Waals surface area contributed by atoms with Gasteiger partial charge in [-0.05, 0) is 54.2 Å². The summed E-state index contributed by atoms with van der Waals surface area (Å²) >= 11 is 0. The van der Waals surface area contributed by atoms with Crippen molar-refractivity contribution in [1.82, 2.24) is 29.4 Å². The van der Waals surface area contributed by atoms with Gasteiger partial charge in [0.25, 0.3) is 0 Å². The highest BCUT2D eigenvalue weighted by atomic mass is 31.2. The third kappa shape index (κ3) is 20.2. The number of hydrogen-bond acceptors (Lipinski definition) is 12. The van der Waals surface area contributed by atoms with Gasteiger partial charge in [-0.25, -0.2) is 0 Å². The SMILES string of the molecule is CC(=O)N(CCN(CC(P(=O)(O)O)P(=O)(O)O)C(C)=O)Cc1c(C)c(CN(CCN(CC(P(=O)(O)O)P(=O)(O)O)C(C)=O)C(C)=O)c(C)c(CN(CCN(CC(P(=O)(O)O)P(=O)(O)O)C(C)=O)C(C)=O)c1C. The fraction of sp³-hybridized carbons (Fsp3) is 0.667. The predicted molar refractivity (Wildman–Crippen MR) is 254 cm³/mol. The fourth-order valence-electron chi connectivity index (χ4n) is 7.39. The molecule has 0 aliphatic heterocycles. The molecule has 0 unspecified atom stereocenters. The molecule has 414 valence electrons. The molecule has 1 aromatic rings. The van der Waals surface area contributed by atoms with Crippen molar-refractivity contribution in [1.29, 1.82) is 0 Å². The molecule has 0 atom stereocenters. The molecule has 0 heterocycles. The van der Waals surface area contributed by atoms with Crippen molar-refractivity contribution in [3.05, 3.63) is 33.4 Å². The van der Waals surface area contributed by atoms with E-state index in [1.807, 2.05) is 0 Å². The van der Waals surface area contributed by atoms with Crippen LogP contribution in [0, 0.1) is 20.8 Å². The Morgan fingerprint density at radius 1 is 0.319 bits per heavy atom. The molecule has 1 rings (SSSR count). The summed E-state index contributed by atoms with van der Waals surface area (Å²) in [5.74, 6) is -4.60. The maximum Gasteiger partial charge on any atom is 0.342 e. The lowest BCUT2D eigenvalue weighted by molar-refractivity contribution is -0.133. The first kappa shape index (κ1) is 67.0. The van der Waals surface area contributed by atoms with Gasteiger partial charge in [-0.1, -0.05) is 0 Å². The molecule has 0 aliphatic carbocycles. The van der Waals surface area contributed by atoms with Gasteiger partial charge in [-0.3, -0.25) is 56.2 Å². The van der Waals surface area contributed by atoms with Crippen LogP contribution >= 0.6 is 45.6 Å². The van der Waals surface area contributed by atoms with E-state index in [-0.39, 0.29) is 19.6 Å². The van der Waals surface area contributed by atoms with E-state index in [1.54, 1.807) is 20.8 Å². The van der Waals surface area contributed by atoms with Crippen LogP contribution in [0.3, 0.4) is 0 Å². The lowest BCUT2D eigenvalue weighted by Gasteiger charge is -2.34. The first-order chi connectivity index (χ1) is 32.2. The Hall–Kier alpha value is -3.06. The van der Waals surface area contributed by atoms with E-state index in [0.29, 0.717) is 33.4 Å². The Labute approximate surface area is 414 Å². The lowest BCUT2D eigenvalue weighted by atomic mass is 9.87. The van der Waals surface area contributed by atoms with Crippen LogP contribution in [0.1, 0.15) is 74.9 Å². The Kier molecular flexibility index (Phi) is 24.3. The van der Waals surface area contributed by atoms with Crippen LogP contribution in [0.25, 0.3) is 0 Å². The summed E-state index contributed by atoms with van der Waals surface area (Å²) < 4.78 is 72.4. The maximum atomic E-state index is 13.3. The van der Waals surface area contributed by atoms with Crippen molar-refractivity contribution in [3.63, 3.8) is 0 Å². The van der Waals surface area contributed by atoms with Crippen molar-refractivity contribution < 1.29 is 115 Å². The number of carbonyl (C=O) groups is 6. The first-order valence-electron chi connectivity index (χ1n) is 21.2. The molecule has 36 heteroatoms. The highest BCUT2D eigenvalue weighted by molar-refractivity contribution is 7.71. The second kappa shape index (κ2) is 26.1. The lowest BCUT2D eigenvalue weighted by Crippen LogP contribution is -2.43. The summed E-state index contributed by atoms with van der Waals surface area (Å²) in [4.78, 5) is 200. The van der Waals surface area contributed by atoms with E-state index in [9.17, 15) is 115 Å². The average Bonchev–Trinajstić information content (AvgIpc) is 3.16. The Bertz CT molecular complexity index is 2140. The van der Waals surface area contributed by atoms with Gasteiger partial charge in [0.05, 0.1) is 0 Å². The van der Waals surface area contributed by atoms with Crippen molar-refractivity contribution in [2.75, 3.05) is 58.9 Å². The van der Waals surface area contributed by atoms with Gasteiger partial charge >= 0.3 is 45.6 Å². The Morgan fingerprint density at radius 3 is 0.583 bits per heavy atom. The first-order valence-corrected chi connectivity index (χ1v) is 31.3. The van der Waals surface area contributed by atoms with Crippen molar-refractivity contribution >= 4 is 81.0 Å². The van der Waals surface area contributed by atoms with Gasteiger partial charge in [0.15, 0.2) is 16.2 Å². The van der Waals surface area contributed by atoms with Crippen LogP contribution < -0.4 is 0 Å². The van der Waals surface area contributed by atoms with Crippen LogP contribution in [0.4, 0.5) is 0 Å². The van der Waals surface area contributed by atoms with Crippen molar-refractivity contribution in [3.8, 4) is 0 Å². The number of rotatable bonds is 27. The molecule has 0 bridgehead atoms. The molecular formula is C36H66N6O24P6. The monoisotopic (exact) mass is 1150 g/mol. The van der Waals surface area contributed by atoms with Crippen LogP contribution in [-0.2, 0) is 75.8 Å². The molecule has 0 saturated heterocycles. The van der Waals surface area contributed by atoms with E-state index < -0.39 is 156 Å². The van der Waals surface area contributed by atoms with Gasteiger partial charge in [0, 0.05) is 120 Å². The van der Waals surface area contributed by atoms with Crippen LogP contribution in [0.5, 0.6) is 0 Å². The molecule has 30 nitrogen and oxygen atoms in total. The van der Waals surface area contributed by atoms with E-state index in [0.717, 1.165) is 70.9 Å². The molecule has 0 spiro atoms. The summed E-state index contributed by atoms with van der Waals surface area (Å²) in [6.45, 7) is 3.84. The highest BCUT2D eigenvalue weighted by Crippen LogP contribution is 2.61. The number of benzene rings is 1. The highest BCUT2D eigenvalue weighted by Gasteiger charge is 2.47. The zero-order valence-corrected chi connectivity index (χ0v) is 46.2. The second-order valence-electron chi connectivity index (χ2n) is 17.0. The molecule has 0 radical (unpaired) electrons. The summed E-state index contributed by atoms with van der Waals surface area (Å²) in [7, 11) is -33.1. The topological polar surface area (TPSA) is 467 Å². The summed E-state index contributed by atoms with van der Waals surface area (Å²) in [5, 5.41) is -7.83. The molecule has 0 aromatic heterocycles. The van der Waals surface area contributed by atoms with Crippen molar-refractivity contribution in [2.45, 2.75) is 98.1 Å². The summed E-state index contributed by atoms with van der Waals surface area (Å²) in [6, 6.07) is 0. The van der Waals surface area contributed by atoms with E-state index in [1.165, 1.54) is 0 Å². The Balaban J connectivity index is 4.09. The average molecular weight is 1150 g/mol. The third-order valence-electron chi connectivity index (χ3n) is 11.8. The number of carbonyl (C=O) groups excluding carboxylic acids is 6. The number of hydrogen-bond donors (Lipinski definition) is 12. The number of nitrogens with zero attached hydrogens (tertiary/aromatic N) is 6. The molecule has 6 amide bonds. The minimum Gasteiger partial charge on any atom is -0.340 e. The zero-order chi connectivity index (χ0) is 56.6. The fourth-order valence-corrected chi connectivity index (χ4v) is 14.6. The largest absolute Gasteiger partial charge is 0.342 e. The van der Waals surface area contributed by atoms with Gasteiger partial charge in [-0.2, -0.15) is 0 Å². The van der Waals surface area contributed by atoms with E-state index in [2.05, 4.69) is 0 Å². The Morgan fingerprint density at radius 2 is 0.458 bits per heavy atom. The minimum absolute atomic E-state index is 0.332. The van der Waals surface area contributed by atoms with Crippen molar-refractivity contribution in [2.24, 2.45) is 0 Å². The van der Waals surface area contributed by atoms with Gasteiger partial charge < -0.3 is 88.1 Å². The smallest absolute Gasteiger partial charge is 0.340 e. The molecule has 1 aromatic carbocycles. The van der Waals surface area contributed by atoms with Gasteiger partial charge in [0.2, 0.25) is 35.4 Å². The summed E-state index contributed by atoms with van der Waals surface area (Å²) in [6.07, 6.45) is 0. The quantitative estimate of drug-likeness (QED) is 0.0482. The molecular weight excluding hydrogens is 1090 g/mol. The molecule has 0 saturated carbocycles. The molecule has 0 fully saturated rings. The molecule has 72 heavy (non-hydrogen) atoms. The maximum absolute atomic E-state index is 13.3. The van der Waals surface area contributed by atoms with Gasteiger partial charge in [0.1, 0.15) is 0 Å². The second-order valence-corrected chi connectivity index (χ2v) is 29.0. The standard InChI is InChI=1S/C36H66N6O24P6/c1-22-31(16-37(25(4)43)10-13-40(28(7)46)19-34(67(49,50)51)68(52,53)54)23(2)33(18-39(27(6)45)12-15-42(30(9)48)21-36(71(61,62)63)72(64,65)66)24(3)32(22)17-38(26(5)44)11-14-41(29(8)47)20-35(69(55,56)57)70(58,59)60/h34-36H,10-21H2,1-9H3,(H2,49,50,51)(H2,52,53,54)(H2,55,56,57)(H2,58,59,60)(H2,61,62,63)(H2,64,65,66). The normalized spacial score (nSPS) is 12.8. The van der Waals surface area contributed by atoms with Crippen LogP contribution in [0.2, 0.25) is 0 Å². The van der Waals surface area contributed by atoms with Gasteiger partial charge in [-0.15, -0.1) is 0 Å². The molecule has 0 aliphatic rings. The van der Waals surface area contributed by atoms with E-state index in [4.69, 9.17) is 0 Å².